The van der Waals surface area contributed by atoms with Gasteiger partial charge in [0, 0.05) is 28.2 Å². The molecule has 1 amide bonds. The lowest BCUT2D eigenvalue weighted by Gasteiger charge is -2.15. The standard InChI is InChI=1S/C22H15BrN2O5S2/c1-2-29-15-6-3-13(4-7-15)24-21(26)20(32-22(24)31)12-16-8-10-19(30-16)17-9-5-14(25(27)28)11-18(17)23/h3-12H,2H2,1H3/b20-12+. The van der Waals surface area contributed by atoms with Gasteiger partial charge in [0.25, 0.3) is 11.6 Å². The van der Waals surface area contributed by atoms with Gasteiger partial charge in [0.2, 0.25) is 0 Å². The van der Waals surface area contributed by atoms with E-state index >= 15 is 0 Å². The third-order valence-electron chi connectivity index (χ3n) is 4.53. The quantitative estimate of drug-likeness (QED) is 0.157. The van der Waals surface area contributed by atoms with Crippen molar-refractivity contribution in [3.05, 3.63) is 79.8 Å². The van der Waals surface area contributed by atoms with Gasteiger partial charge in [-0.15, -0.1) is 0 Å². The summed E-state index contributed by atoms with van der Waals surface area (Å²) >= 11 is 9.95. The van der Waals surface area contributed by atoms with Crippen LogP contribution >= 0.6 is 39.9 Å². The molecule has 2 aromatic carbocycles. The number of anilines is 1. The Kier molecular flexibility index (Phi) is 6.45. The number of halogens is 1. The van der Waals surface area contributed by atoms with Gasteiger partial charge in [-0.2, -0.15) is 0 Å². The van der Waals surface area contributed by atoms with Crippen molar-refractivity contribution < 1.29 is 18.9 Å². The van der Waals surface area contributed by atoms with Crippen LogP contribution in [0.4, 0.5) is 11.4 Å². The van der Waals surface area contributed by atoms with Crippen LogP contribution in [0.5, 0.6) is 5.75 Å². The highest BCUT2D eigenvalue weighted by Gasteiger charge is 2.33. The molecule has 1 aromatic heterocycles. The van der Waals surface area contributed by atoms with Crippen molar-refractivity contribution in [2.45, 2.75) is 6.92 Å². The SMILES string of the molecule is CCOc1ccc(N2C(=O)/C(=C\c3ccc(-c4ccc([N+](=O)[O-])cc4Br)o3)SC2=S)cc1. The molecule has 0 aliphatic carbocycles. The number of nitro groups is 1. The molecule has 1 fully saturated rings. The number of thiocarbonyl (C=S) groups is 1. The monoisotopic (exact) mass is 530 g/mol. The van der Waals surface area contributed by atoms with Crippen LogP contribution in [0.15, 0.2) is 68.4 Å². The fourth-order valence-electron chi connectivity index (χ4n) is 3.07. The van der Waals surface area contributed by atoms with Gasteiger partial charge in [0.05, 0.1) is 22.1 Å². The van der Waals surface area contributed by atoms with Gasteiger partial charge in [-0.05, 0) is 65.3 Å². The number of non-ortho nitro benzene ring substituents is 1. The molecule has 0 unspecified atom stereocenters. The van der Waals surface area contributed by atoms with E-state index in [1.165, 1.54) is 28.8 Å². The number of amides is 1. The number of carbonyl (C=O) groups excluding carboxylic acids is 1. The van der Waals surface area contributed by atoms with Crippen molar-refractivity contribution in [3.63, 3.8) is 0 Å². The number of nitro benzene ring substituents is 1. The molecule has 0 N–H and O–H groups in total. The van der Waals surface area contributed by atoms with Gasteiger partial charge in [-0.25, -0.2) is 0 Å². The molecule has 32 heavy (non-hydrogen) atoms. The van der Waals surface area contributed by atoms with E-state index in [-0.39, 0.29) is 11.6 Å². The minimum atomic E-state index is -0.464. The first kappa shape index (κ1) is 22.3. The number of benzene rings is 2. The van der Waals surface area contributed by atoms with E-state index in [1.54, 1.807) is 48.5 Å². The predicted molar refractivity (Wildman–Crippen MR) is 132 cm³/mol. The molecule has 2 heterocycles. The van der Waals surface area contributed by atoms with Crippen molar-refractivity contribution in [3.8, 4) is 17.1 Å². The molecule has 162 valence electrons. The molecule has 4 rings (SSSR count). The Balaban J connectivity index is 1.56. The summed E-state index contributed by atoms with van der Waals surface area (Å²) < 4.78 is 12.3. The molecule has 3 aromatic rings. The summed E-state index contributed by atoms with van der Waals surface area (Å²) in [5.74, 6) is 1.47. The average molecular weight is 531 g/mol. The lowest BCUT2D eigenvalue weighted by molar-refractivity contribution is -0.384. The van der Waals surface area contributed by atoms with Crippen LogP contribution in [0.1, 0.15) is 12.7 Å². The van der Waals surface area contributed by atoms with Crippen LogP contribution in [0.25, 0.3) is 17.4 Å². The van der Waals surface area contributed by atoms with Crippen LogP contribution in [-0.4, -0.2) is 21.8 Å². The number of hydrogen-bond donors (Lipinski definition) is 0. The predicted octanol–water partition coefficient (Wildman–Crippen LogP) is 6.42. The second kappa shape index (κ2) is 9.27. The molecule has 1 saturated heterocycles. The Morgan fingerprint density at radius 2 is 1.97 bits per heavy atom. The van der Waals surface area contributed by atoms with Crippen molar-refractivity contribution in [2.75, 3.05) is 11.5 Å². The van der Waals surface area contributed by atoms with E-state index in [9.17, 15) is 14.9 Å². The van der Waals surface area contributed by atoms with E-state index in [0.29, 0.717) is 43.1 Å². The van der Waals surface area contributed by atoms with Crippen LogP contribution < -0.4 is 9.64 Å². The summed E-state index contributed by atoms with van der Waals surface area (Å²) in [6.07, 6.45) is 1.64. The highest BCUT2D eigenvalue weighted by Crippen LogP contribution is 2.38. The van der Waals surface area contributed by atoms with Crippen LogP contribution in [0.2, 0.25) is 0 Å². The molecule has 0 atom stereocenters. The smallest absolute Gasteiger partial charge is 0.270 e. The van der Waals surface area contributed by atoms with E-state index in [2.05, 4.69) is 15.9 Å². The largest absolute Gasteiger partial charge is 0.494 e. The Morgan fingerprint density at radius 1 is 1.22 bits per heavy atom. The zero-order valence-electron chi connectivity index (χ0n) is 16.6. The van der Waals surface area contributed by atoms with Gasteiger partial charge < -0.3 is 9.15 Å². The van der Waals surface area contributed by atoms with E-state index < -0.39 is 4.92 Å². The number of rotatable bonds is 6. The molecule has 0 bridgehead atoms. The Labute approximate surface area is 201 Å². The van der Waals surface area contributed by atoms with Crippen LogP contribution in [0, 0.1) is 10.1 Å². The van der Waals surface area contributed by atoms with E-state index in [0.717, 1.165) is 5.75 Å². The van der Waals surface area contributed by atoms with Gasteiger partial charge >= 0.3 is 0 Å². The lowest BCUT2D eigenvalue weighted by atomic mass is 10.1. The van der Waals surface area contributed by atoms with Gasteiger partial charge in [-0.3, -0.25) is 19.8 Å². The maximum absolute atomic E-state index is 13.0. The van der Waals surface area contributed by atoms with E-state index in [1.807, 2.05) is 6.92 Å². The molecule has 1 aliphatic rings. The fraction of sp³-hybridized carbons (Fsp3) is 0.0909. The molecule has 0 radical (unpaired) electrons. The second-order valence-electron chi connectivity index (χ2n) is 6.57. The van der Waals surface area contributed by atoms with Crippen molar-refractivity contribution in [1.82, 2.24) is 0 Å². The highest BCUT2D eigenvalue weighted by molar-refractivity contribution is 9.10. The maximum Gasteiger partial charge on any atom is 0.270 e. The lowest BCUT2D eigenvalue weighted by Crippen LogP contribution is -2.27. The Morgan fingerprint density at radius 3 is 2.62 bits per heavy atom. The number of nitrogens with zero attached hydrogens (tertiary/aromatic N) is 2. The first-order valence-corrected chi connectivity index (χ1v) is 11.4. The molecule has 0 spiro atoms. The van der Waals surface area contributed by atoms with Crippen LogP contribution in [0.3, 0.4) is 0 Å². The zero-order valence-corrected chi connectivity index (χ0v) is 19.8. The zero-order chi connectivity index (χ0) is 22.8. The number of carbonyl (C=O) groups is 1. The van der Waals surface area contributed by atoms with Crippen molar-refractivity contribution in [1.29, 1.82) is 0 Å². The third-order valence-corrected chi connectivity index (χ3v) is 6.49. The maximum atomic E-state index is 13.0. The third kappa shape index (κ3) is 4.47. The van der Waals surface area contributed by atoms with Crippen molar-refractivity contribution in [2.24, 2.45) is 0 Å². The Bertz CT molecular complexity index is 1250. The van der Waals surface area contributed by atoms with Gasteiger partial charge in [0.1, 0.15) is 17.3 Å². The second-order valence-corrected chi connectivity index (χ2v) is 9.10. The first-order valence-electron chi connectivity index (χ1n) is 9.42. The number of hydrogen-bond acceptors (Lipinski definition) is 7. The molecular formula is C22H15BrN2O5S2. The van der Waals surface area contributed by atoms with Gasteiger partial charge in [0.15, 0.2) is 4.32 Å². The number of thioether (sulfide) groups is 1. The van der Waals surface area contributed by atoms with Crippen molar-refractivity contribution >= 4 is 67.6 Å². The molecule has 1 aliphatic heterocycles. The normalized spacial score (nSPS) is 14.9. The van der Waals surface area contributed by atoms with E-state index in [4.69, 9.17) is 21.4 Å². The van der Waals surface area contributed by atoms with Gasteiger partial charge in [-0.1, -0.05) is 24.0 Å². The highest BCUT2D eigenvalue weighted by atomic mass is 79.9. The molecule has 10 heteroatoms. The summed E-state index contributed by atoms with van der Waals surface area (Å²) in [5, 5.41) is 10.9. The number of furan rings is 1. The summed E-state index contributed by atoms with van der Waals surface area (Å²) in [6.45, 7) is 2.46. The Hall–Kier alpha value is -2.95. The summed E-state index contributed by atoms with van der Waals surface area (Å²) in [6, 6.07) is 15.1. The minimum absolute atomic E-state index is 0.0228. The fourth-order valence-corrected chi connectivity index (χ4v) is 4.91. The molecule has 0 saturated carbocycles. The summed E-state index contributed by atoms with van der Waals surface area (Å²) in [7, 11) is 0. The summed E-state index contributed by atoms with van der Waals surface area (Å²) in [4.78, 5) is 25.3. The van der Waals surface area contributed by atoms with Crippen LogP contribution in [-0.2, 0) is 4.79 Å². The average Bonchev–Trinajstić information content (AvgIpc) is 3.33. The summed E-state index contributed by atoms with van der Waals surface area (Å²) in [5.41, 5.74) is 1.30. The molecule has 7 nitrogen and oxygen atoms in total. The topological polar surface area (TPSA) is 85.8 Å². The molecular weight excluding hydrogens is 516 g/mol. The minimum Gasteiger partial charge on any atom is -0.494 e. The first-order chi connectivity index (χ1) is 15.4. The number of ether oxygens (including phenoxy) is 1.